The number of methoxy groups -OCH3 is 2. The topological polar surface area (TPSA) is 125 Å². The molecule has 0 unspecified atom stereocenters. The number of nitrogens with zero attached hydrogens (tertiary/aromatic N) is 5. The molecule has 2 amide bonds. The zero-order valence-electron chi connectivity index (χ0n) is 30.7. The predicted molar refractivity (Wildman–Crippen MR) is 192 cm³/mol. The number of amides is 2. The Labute approximate surface area is 309 Å². The Morgan fingerprint density at radius 3 is 2.54 bits per heavy atom. The van der Waals surface area contributed by atoms with Crippen LogP contribution in [0.15, 0.2) is 30.3 Å². The standard InChI is InChI=1S/C39H48ClN5O7/c1-24-30(41-42-43(24)3)22-51-32-12-11-29(40)27-13-17-45(31(35(27)32)20-44-23-39(15-16-39)19-34(44)46)36(47)28-8-6-7-14-38(28,2)37(48)52-21-25-9-10-26(49-4)18-33(25)50-5/h9-12,18,28,31H,6-8,13-17,19-23H2,1-5H3/t28-,31+,38-/m0/s1. The zero-order valence-corrected chi connectivity index (χ0v) is 31.5. The predicted octanol–water partition coefficient (Wildman–Crippen LogP) is 5.75. The first-order valence-corrected chi connectivity index (χ1v) is 18.6. The molecule has 0 radical (unpaired) electrons. The van der Waals surface area contributed by atoms with E-state index in [4.69, 9.17) is 30.5 Å². The maximum Gasteiger partial charge on any atom is 0.312 e. The van der Waals surface area contributed by atoms with Crippen molar-refractivity contribution >= 4 is 29.4 Å². The van der Waals surface area contributed by atoms with Gasteiger partial charge in [-0.1, -0.05) is 29.7 Å². The van der Waals surface area contributed by atoms with Crippen LogP contribution < -0.4 is 14.2 Å². The lowest BCUT2D eigenvalue weighted by Crippen LogP contribution is -2.53. The Kier molecular flexibility index (Phi) is 9.88. The van der Waals surface area contributed by atoms with Gasteiger partial charge in [-0.15, -0.1) is 5.10 Å². The third-order valence-corrected chi connectivity index (χ3v) is 12.4. The molecule has 13 heteroatoms. The number of rotatable bonds is 11. The van der Waals surface area contributed by atoms with Crippen molar-refractivity contribution < 1.29 is 33.3 Å². The highest BCUT2D eigenvalue weighted by Gasteiger charge is 2.54. The number of aryl methyl sites for hydroxylation is 1. The number of likely N-dealkylation sites (tertiary alicyclic amines) is 1. The second-order valence-electron chi connectivity index (χ2n) is 15.2. The van der Waals surface area contributed by atoms with Gasteiger partial charge < -0.3 is 28.7 Å². The van der Waals surface area contributed by atoms with Crippen molar-refractivity contribution in [1.82, 2.24) is 24.8 Å². The molecule has 52 heavy (non-hydrogen) atoms. The van der Waals surface area contributed by atoms with Gasteiger partial charge in [0, 0.05) is 55.3 Å². The van der Waals surface area contributed by atoms with Gasteiger partial charge in [-0.25, -0.2) is 0 Å². The van der Waals surface area contributed by atoms with Crippen LogP contribution in [0.1, 0.15) is 86.0 Å². The fraction of sp³-hybridized carbons (Fsp3) is 0.564. The average molecular weight is 734 g/mol. The highest BCUT2D eigenvalue weighted by atomic mass is 35.5. The summed E-state index contributed by atoms with van der Waals surface area (Å²) in [5, 5.41) is 8.99. The van der Waals surface area contributed by atoms with E-state index in [9.17, 15) is 9.59 Å². The van der Waals surface area contributed by atoms with Crippen molar-refractivity contribution in [2.75, 3.05) is 33.9 Å². The lowest BCUT2D eigenvalue weighted by molar-refractivity contribution is -0.169. The number of ether oxygens (including phenoxy) is 4. The summed E-state index contributed by atoms with van der Waals surface area (Å²) >= 11 is 6.87. The minimum absolute atomic E-state index is 0.00546. The van der Waals surface area contributed by atoms with E-state index in [-0.39, 0.29) is 30.4 Å². The number of aromatic nitrogens is 3. The number of carbonyl (C=O) groups excluding carboxylic acids is 3. The number of hydrogen-bond acceptors (Lipinski definition) is 9. The monoisotopic (exact) mass is 733 g/mol. The third-order valence-electron chi connectivity index (χ3n) is 12.0. The highest BCUT2D eigenvalue weighted by molar-refractivity contribution is 6.31. The number of esters is 1. The summed E-state index contributed by atoms with van der Waals surface area (Å²) in [6.45, 7) is 5.40. The quantitative estimate of drug-likeness (QED) is 0.227. The minimum atomic E-state index is -1.04. The van der Waals surface area contributed by atoms with E-state index in [1.54, 1.807) is 31.0 Å². The lowest BCUT2D eigenvalue weighted by atomic mass is 9.66. The van der Waals surface area contributed by atoms with Crippen LogP contribution in [0.25, 0.3) is 0 Å². The molecule has 278 valence electrons. The van der Waals surface area contributed by atoms with Crippen molar-refractivity contribution in [3.05, 3.63) is 63.4 Å². The second-order valence-corrected chi connectivity index (χ2v) is 15.6. The van der Waals surface area contributed by atoms with Crippen LogP contribution in [0.3, 0.4) is 0 Å². The van der Waals surface area contributed by atoms with Gasteiger partial charge in [0.2, 0.25) is 11.8 Å². The van der Waals surface area contributed by atoms with Gasteiger partial charge in [0.25, 0.3) is 0 Å². The number of benzene rings is 2. The number of carbonyl (C=O) groups is 3. The van der Waals surface area contributed by atoms with Gasteiger partial charge in [0.05, 0.1) is 37.3 Å². The van der Waals surface area contributed by atoms with Gasteiger partial charge in [-0.3, -0.25) is 19.1 Å². The van der Waals surface area contributed by atoms with E-state index in [1.807, 2.05) is 48.9 Å². The fourth-order valence-corrected chi connectivity index (χ4v) is 8.67. The molecule has 2 aliphatic carbocycles. The minimum Gasteiger partial charge on any atom is -0.497 e. The Hall–Kier alpha value is -4.32. The molecule has 1 spiro atoms. The normalized spacial score (nSPS) is 23.4. The summed E-state index contributed by atoms with van der Waals surface area (Å²) in [7, 11) is 4.97. The number of hydrogen-bond donors (Lipinski definition) is 0. The van der Waals surface area contributed by atoms with Crippen LogP contribution in [0.4, 0.5) is 0 Å². The van der Waals surface area contributed by atoms with E-state index < -0.39 is 23.3 Å². The highest BCUT2D eigenvalue weighted by Crippen LogP contribution is 2.54. The molecule has 1 aromatic heterocycles. The van der Waals surface area contributed by atoms with Crippen molar-refractivity contribution in [2.24, 2.45) is 23.8 Å². The first-order valence-electron chi connectivity index (χ1n) is 18.2. The lowest BCUT2D eigenvalue weighted by Gasteiger charge is -2.45. The Morgan fingerprint density at radius 2 is 1.85 bits per heavy atom. The van der Waals surface area contributed by atoms with Crippen molar-refractivity contribution in [3.8, 4) is 17.2 Å². The van der Waals surface area contributed by atoms with E-state index >= 15 is 4.79 Å². The smallest absolute Gasteiger partial charge is 0.312 e. The van der Waals surface area contributed by atoms with E-state index in [0.717, 1.165) is 42.5 Å². The number of halogens is 1. The van der Waals surface area contributed by atoms with Crippen molar-refractivity contribution in [3.63, 3.8) is 0 Å². The van der Waals surface area contributed by atoms with Crippen molar-refractivity contribution in [2.45, 2.75) is 84.5 Å². The SMILES string of the molecule is COc1ccc(COC(=O)[C@@]2(C)CCCC[C@H]2C(=O)N2CCc3c(Cl)ccc(OCc4nnn(C)c4C)c3[C@H]2CN2CC3(CC3)CC2=O)c(OC)c1. The summed E-state index contributed by atoms with van der Waals surface area (Å²) < 4.78 is 25.0. The molecule has 3 heterocycles. The first-order chi connectivity index (χ1) is 25.0. The van der Waals surface area contributed by atoms with Crippen LogP contribution in [0, 0.1) is 23.7 Å². The molecule has 1 saturated heterocycles. The molecule has 2 saturated carbocycles. The van der Waals surface area contributed by atoms with Crippen LogP contribution in [-0.2, 0) is 45.8 Å². The molecule has 0 N–H and O–H groups in total. The molecule has 3 aromatic rings. The third kappa shape index (κ3) is 6.70. The summed E-state index contributed by atoms with van der Waals surface area (Å²) in [4.78, 5) is 46.4. The molecule has 3 atom stereocenters. The van der Waals surface area contributed by atoms with Crippen LogP contribution in [0.2, 0.25) is 5.02 Å². The molecular weight excluding hydrogens is 686 g/mol. The molecule has 7 rings (SSSR count). The molecule has 0 bridgehead atoms. The largest absolute Gasteiger partial charge is 0.497 e. The molecular formula is C39H48ClN5O7. The molecule has 4 aliphatic rings. The summed E-state index contributed by atoms with van der Waals surface area (Å²) in [6.07, 6.45) is 5.87. The second kappa shape index (κ2) is 14.2. The first kappa shape index (κ1) is 36.1. The van der Waals surface area contributed by atoms with Crippen LogP contribution >= 0.6 is 11.6 Å². The van der Waals surface area contributed by atoms with E-state index in [0.29, 0.717) is 78.8 Å². The van der Waals surface area contributed by atoms with Crippen molar-refractivity contribution in [1.29, 1.82) is 0 Å². The van der Waals surface area contributed by atoms with E-state index in [1.165, 1.54) is 0 Å². The Bertz CT molecular complexity index is 1880. The van der Waals surface area contributed by atoms with Gasteiger partial charge in [-0.2, -0.15) is 0 Å². The van der Waals surface area contributed by atoms with Gasteiger partial charge >= 0.3 is 5.97 Å². The van der Waals surface area contributed by atoms with Gasteiger partial charge in [0.1, 0.15) is 36.2 Å². The summed E-state index contributed by atoms with van der Waals surface area (Å²) in [5.74, 6) is 0.769. The molecule has 2 aromatic carbocycles. The molecule has 3 fully saturated rings. The fourth-order valence-electron chi connectivity index (χ4n) is 8.41. The molecule has 12 nitrogen and oxygen atoms in total. The average Bonchev–Trinajstić information content (AvgIpc) is 3.73. The zero-order chi connectivity index (χ0) is 36.8. The molecule has 2 aliphatic heterocycles. The Morgan fingerprint density at radius 1 is 1.04 bits per heavy atom. The van der Waals surface area contributed by atoms with E-state index in [2.05, 4.69) is 10.3 Å². The maximum absolute atomic E-state index is 15.0. The van der Waals surface area contributed by atoms with Crippen LogP contribution in [-0.4, -0.2) is 76.4 Å². The van der Waals surface area contributed by atoms with Gasteiger partial charge in [0.15, 0.2) is 0 Å². The Balaban J connectivity index is 1.19. The van der Waals surface area contributed by atoms with Gasteiger partial charge in [-0.05, 0) is 81.2 Å². The van der Waals surface area contributed by atoms with Crippen LogP contribution in [0.5, 0.6) is 17.2 Å². The number of fused-ring (bicyclic) bond motifs is 1. The summed E-state index contributed by atoms with van der Waals surface area (Å²) in [5.41, 5.74) is 3.04. The summed E-state index contributed by atoms with van der Waals surface area (Å²) in [6, 6.07) is 8.52. The maximum atomic E-state index is 15.0.